The normalized spacial score (nSPS) is 17.2. The molecule has 0 bridgehead atoms. The number of halogens is 1. The molecule has 3 rings (SSSR count). The van der Waals surface area contributed by atoms with Crippen LogP contribution >= 0.6 is 27.3 Å². The molecule has 1 aliphatic rings. The van der Waals surface area contributed by atoms with Crippen molar-refractivity contribution in [1.29, 1.82) is 0 Å². The smallest absolute Gasteiger partial charge is 0.312 e. The van der Waals surface area contributed by atoms with Crippen LogP contribution in [0.5, 0.6) is 0 Å². The van der Waals surface area contributed by atoms with Gasteiger partial charge in [-0.25, -0.2) is 0 Å². The second-order valence-electron chi connectivity index (χ2n) is 4.86. The average Bonchev–Trinajstić information content (AvgIpc) is 3.02. The second kappa shape index (κ2) is 4.86. The van der Waals surface area contributed by atoms with E-state index in [-0.39, 0.29) is 5.78 Å². The fraction of sp³-hybridized carbons (Fsp3) is 0.286. The molecule has 6 heteroatoms. The van der Waals surface area contributed by atoms with Crippen molar-refractivity contribution in [3.63, 3.8) is 0 Å². The number of aliphatic carboxylic acids is 1. The van der Waals surface area contributed by atoms with E-state index in [2.05, 4.69) is 15.9 Å². The Morgan fingerprint density at radius 3 is 2.80 bits per heavy atom. The molecule has 20 heavy (non-hydrogen) atoms. The lowest BCUT2D eigenvalue weighted by Crippen LogP contribution is -2.09. The molecule has 0 fully saturated rings. The number of aromatic nitrogens is 1. The molecule has 0 saturated heterocycles. The van der Waals surface area contributed by atoms with E-state index < -0.39 is 11.9 Å². The highest BCUT2D eigenvalue weighted by Gasteiger charge is 2.33. The molecule has 0 aromatic carbocycles. The highest BCUT2D eigenvalue weighted by molar-refractivity contribution is 9.11. The van der Waals surface area contributed by atoms with E-state index in [4.69, 9.17) is 0 Å². The third-order valence-electron chi connectivity index (χ3n) is 3.63. The number of nitrogens with zero attached hydrogens (tertiary/aromatic N) is 1. The van der Waals surface area contributed by atoms with Gasteiger partial charge in [-0.1, -0.05) is 0 Å². The number of hydrogen-bond acceptors (Lipinski definition) is 3. The maximum atomic E-state index is 12.6. The molecule has 1 aliphatic heterocycles. The van der Waals surface area contributed by atoms with E-state index in [0.29, 0.717) is 23.5 Å². The predicted molar refractivity (Wildman–Crippen MR) is 79.6 cm³/mol. The number of carboxylic acid groups (broad SMARTS) is 1. The van der Waals surface area contributed by atoms with Crippen molar-refractivity contribution in [2.75, 3.05) is 0 Å². The van der Waals surface area contributed by atoms with Crippen LogP contribution < -0.4 is 0 Å². The van der Waals surface area contributed by atoms with Crippen LogP contribution in [0.3, 0.4) is 0 Å². The molecule has 0 amide bonds. The zero-order valence-corrected chi connectivity index (χ0v) is 13.1. The van der Waals surface area contributed by atoms with Crippen LogP contribution in [0.4, 0.5) is 0 Å². The van der Waals surface area contributed by atoms with Crippen LogP contribution in [0.25, 0.3) is 0 Å². The van der Waals surface area contributed by atoms with E-state index in [1.165, 1.54) is 11.3 Å². The van der Waals surface area contributed by atoms with E-state index in [0.717, 1.165) is 15.0 Å². The summed E-state index contributed by atoms with van der Waals surface area (Å²) in [5.41, 5.74) is 2.22. The molecule has 3 heterocycles. The highest BCUT2D eigenvalue weighted by atomic mass is 79.9. The summed E-state index contributed by atoms with van der Waals surface area (Å²) in [5, 5.41) is 9.22. The van der Waals surface area contributed by atoms with Gasteiger partial charge >= 0.3 is 5.97 Å². The Morgan fingerprint density at radius 2 is 2.20 bits per heavy atom. The quantitative estimate of drug-likeness (QED) is 0.860. The predicted octanol–water partition coefficient (Wildman–Crippen LogP) is 3.42. The van der Waals surface area contributed by atoms with E-state index >= 15 is 0 Å². The Morgan fingerprint density at radius 1 is 1.45 bits per heavy atom. The Bertz CT molecular complexity index is 716. The first-order valence-corrected chi connectivity index (χ1v) is 7.83. The minimum Gasteiger partial charge on any atom is -0.481 e. The SMILES string of the molecule is Cc1cc2n(c1C(=O)c1ccc(Br)s1)CCC2C(=O)O. The Labute approximate surface area is 128 Å². The lowest BCUT2D eigenvalue weighted by Gasteiger charge is -2.05. The van der Waals surface area contributed by atoms with Crippen LogP contribution in [-0.2, 0) is 11.3 Å². The van der Waals surface area contributed by atoms with Crippen molar-refractivity contribution in [3.05, 3.63) is 43.8 Å². The van der Waals surface area contributed by atoms with E-state index in [1.54, 1.807) is 6.07 Å². The lowest BCUT2D eigenvalue weighted by atomic mass is 10.0. The standard InChI is InChI=1S/C14H12BrNO3S/c1-7-6-9-8(14(18)19)4-5-16(9)12(7)13(17)10-2-3-11(15)20-10/h2-3,6,8H,4-5H2,1H3,(H,18,19). The second-order valence-corrected chi connectivity index (χ2v) is 7.33. The van der Waals surface area contributed by atoms with Crippen LogP contribution in [0.15, 0.2) is 22.0 Å². The van der Waals surface area contributed by atoms with E-state index in [1.807, 2.05) is 23.6 Å². The molecule has 2 aromatic heterocycles. The molecule has 2 aromatic rings. The number of carboxylic acids is 1. The van der Waals surface area contributed by atoms with Crippen molar-refractivity contribution < 1.29 is 14.7 Å². The summed E-state index contributed by atoms with van der Waals surface area (Å²) in [4.78, 5) is 24.5. The van der Waals surface area contributed by atoms with Gasteiger partial charge in [-0.3, -0.25) is 9.59 Å². The molecule has 1 unspecified atom stereocenters. The molecule has 104 valence electrons. The number of carbonyl (C=O) groups excluding carboxylic acids is 1. The first kappa shape index (κ1) is 13.6. The molecule has 0 aliphatic carbocycles. The summed E-state index contributed by atoms with van der Waals surface area (Å²) >= 11 is 4.75. The fourth-order valence-electron chi connectivity index (χ4n) is 2.75. The van der Waals surface area contributed by atoms with Crippen LogP contribution in [0.1, 0.15) is 39.0 Å². The van der Waals surface area contributed by atoms with Gasteiger partial charge in [0.05, 0.1) is 20.3 Å². The van der Waals surface area contributed by atoms with Crippen molar-refractivity contribution in [2.45, 2.75) is 25.8 Å². The minimum atomic E-state index is -0.820. The van der Waals surface area contributed by atoms with Gasteiger partial charge in [0.2, 0.25) is 5.78 Å². The summed E-state index contributed by atoms with van der Waals surface area (Å²) in [6.07, 6.45) is 0.555. The van der Waals surface area contributed by atoms with Gasteiger partial charge in [0.1, 0.15) is 0 Å². The number of fused-ring (bicyclic) bond motifs is 1. The molecule has 4 nitrogen and oxygen atoms in total. The van der Waals surface area contributed by atoms with Crippen LogP contribution in [0.2, 0.25) is 0 Å². The summed E-state index contributed by atoms with van der Waals surface area (Å²) in [7, 11) is 0. The van der Waals surface area contributed by atoms with Crippen molar-refractivity contribution >= 4 is 39.0 Å². The number of carbonyl (C=O) groups is 2. The van der Waals surface area contributed by atoms with Gasteiger partial charge in [0, 0.05) is 12.2 Å². The zero-order chi connectivity index (χ0) is 14.4. The summed E-state index contributed by atoms with van der Waals surface area (Å²) in [6, 6.07) is 5.48. The number of ketones is 1. The molecular weight excluding hydrogens is 342 g/mol. The maximum absolute atomic E-state index is 12.6. The molecule has 0 radical (unpaired) electrons. The van der Waals surface area contributed by atoms with Crippen LogP contribution in [-0.4, -0.2) is 21.4 Å². The van der Waals surface area contributed by atoms with Gasteiger partial charge in [0.25, 0.3) is 0 Å². The lowest BCUT2D eigenvalue weighted by molar-refractivity contribution is -0.138. The van der Waals surface area contributed by atoms with Gasteiger partial charge < -0.3 is 9.67 Å². The third-order valence-corrected chi connectivity index (χ3v) is 5.25. The number of thiophene rings is 1. The van der Waals surface area contributed by atoms with Gasteiger partial charge in [-0.15, -0.1) is 11.3 Å². The monoisotopic (exact) mass is 353 g/mol. The maximum Gasteiger partial charge on any atom is 0.312 e. The topological polar surface area (TPSA) is 59.3 Å². The Kier molecular flexibility index (Phi) is 3.30. The molecule has 0 saturated carbocycles. The Hall–Kier alpha value is -1.40. The largest absolute Gasteiger partial charge is 0.481 e. The zero-order valence-electron chi connectivity index (χ0n) is 10.7. The van der Waals surface area contributed by atoms with Crippen LogP contribution in [0, 0.1) is 6.92 Å². The summed E-state index contributed by atoms with van der Waals surface area (Å²) < 4.78 is 2.78. The van der Waals surface area contributed by atoms with Crippen molar-refractivity contribution in [3.8, 4) is 0 Å². The number of rotatable bonds is 3. The number of hydrogen-bond donors (Lipinski definition) is 1. The third kappa shape index (κ3) is 2.03. The average molecular weight is 354 g/mol. The molecule has 0 spiro atoms. The van der Waals surface area contributed by atoms with Crippen molar-refractivity contribution in [2.24, 2.45) is 0 Å². The number of aryl methyl sites for hydroxylation is 1. The first-order chi connectivity index (χ1) is 9.49. The molecule has 1 atom stereocenters. The first-order valence-electron chi connectivity index (χ1n) is 6.22. The van der Waals surface area contributed by atoms with Crippen molar-refractivity contribution in [1.82, 2.24) is 4.57 Å². The van der Waals surface area contributed by atoms with Gasteiger partial charge in [-0.2, -0.15) is 0 Å². The Balaban J connectivity index is 2.06. The summed E-state index contributed by atoms with van der Waals surface area (Å²) in [6.45, 7) is 2.45. The fourth-order valence-corrected chi connectivity index (χ4v) is 4.08. The minimum absolute atomic E-state index is 0.0320. The van der Waals surface area contributed by atoms with E-state index in [9.17, 15) is 14.7 Å². The molecule has 1 N–H and O–H groups in total. The van der Waals surface area contributed by atoms with Gasteiger partial charge in [0.15, 0.2) is 0 Å². The van der Waals surface area contributed by atoms with Gasteiger partial charge in [-0.05, 0) is 53.0 Å². The summed E-state index contributed by atoms with van der Waals surface area (Å²) in [5.74, 6) is -1.35. The highest BCUT2D eigenvalue weighted by Crippen LogP contribution is 2.34. The molecular formula is C14H12BrNO3S.